The van der Waals surface area contributed by atoms with Crippen LogP contribution in [-0.4, -0.2) is 37.1 Å². The van der Waals surface area contributed by atoms with Gasteiger partial charge in [0, 0.05) is 20.2 Å². The Morgan fingerprint density at radius 2 is 2.23 bits per heavy atom. The average Bonchev–Trinajstić information content (AvgIpc) is 2.78. The van der Waals surface area contributed by atoms with Crippen LogP contribution in [0, 0.1) is 6.92 Å². The number of hydrogen-bond acceptors (Lipinski definition) is 3. The predicted molar refractivity (Wildman–Crippen MR) is 88.6 cm³/mol. The molecule has 1 aromatic rings. The Labute approximate surface area is 133 Å². The quantitative estimate of drug-likeness (QED) is 0.910. The van der Waals surface area contributed by atoms with Crippen LogP contribution in [0.1, 0.15) is 49.3 Å². The van der Waals surface area contributed by atoms with Gasteiger partial charge in [0.15, 0.2) is 0 Å². The van der Waals surface area contributed by atoms with Gasteiger partial charge in [0.05, 0.1) is 18.6 Å². The zero-order valence-corrected chi connectivity index (χ0v) is 13.8. The molecule has 1 saturated heterocycles. The van der Waals surface area contributed by atoms with Gasteiger partial charge >= 0.3 is 0 Å². The molecular formula is C18H28N2O2. The Bertz CT molecular complexity index is 486. The number of methoxy groups -OCH3 is 1. The monoisotopic (exact) mass is 304 g/mol. The molecule has 2 rings (SSSR count). The molecule has 1 amide bonds. The number of hydrogen-bond donors (Lipinski definition) is 1. The van der Waals surface area contributed by atoms with E-state index in [1.54, 1.807) is 7.11 Å². The fourth-order valence-corrected chi connectivity index (χ4v) is 3.21. The maximum Gasteiger partial charge on any atom is 0.225 e. The van der Waals surface area contributed by atoms with Crippen molar-refractivity contribution in [3.8, 4) is 0 Å². The van der Waals surface area contributed by atoms with E-state index < -0.39 is 0 Å². The highest BCUT2D eigenvalue weighted by molar-refractivity contribution is 5.77. The number of ether oxygens (including phenoxy) is 1. The van der Waals surface area contributed by atoms with Crippen LogP contribution in [0.4, 0.5) is 0 Å². The number of carbonyl (C=O) groups excluding carboxylic acids is 1. The Balaban J connectivity index is 2.18. The molecule has 4 heteroatoms. The molecule has 0 spiro atoms. The number of rotatable bonds is 5. The summed E-state index contributed by atoms with van der Waals surface area (Å²) in [5.41, 5.74) is 8.15. The summed E-state index contributed by atoms with van der Waals surface area (Å²) in [7, 11) is 1.62. The number of aryl methyl sites for hydroxylation is 1. The smallest absolute Gasteiger partial charge is 0.225 e. The molecule has 2 atom stereocenters. The van der Waals surface area contributed by atoms with Gasteiger partial charge in [0.2, 0.25) is 5.91 Å². The second-order valence-corrected chi connectivity index (χ2v) is 6.16. The van der Waals surface area contributed by atoms with Crippen molar-refractivity contribution in [2.24, 2.45) is 5.73 Å². The lowest BCUT2D eigenvalue weighted by molar-refractivity contribution is -0.136. The van der Waals surface area contributed by atoms with E-state index in [0.717, 1.165) is 19.4 Å². The zero-order valence-electron chi connectivity index (χ0n) is 13.8. The molecule has 0 aliphatic carbocycles. The van der Waals surface area contributed by atoms with E-state index in [4.69, 9.17) is 10.5 Å². The van der Waals surface area contributed by atoms with Gasteiger partial charge in [-0.3, -0.25) is 4.79 Å². The fraction of sp³-hybridized carbons (Fsp3) is 0.611. The molecule has 0 bridgehead atoms. The number of benzene rings is 1. The van der Waals surface area contributed by atoms with Crippen molar-refractivity contribution in [1.29, 1.82) is 0 Å². The van der Waals surface area contributed by atoms with E-state index >= 15 is 0 Å². The maximum atomic E-state index is 12.7. The van der Waals surface area contributed by atoms with Gasteiger partial charge in [-0.05, 0) is 25.3 Å². The van der Waals surface area contributed by atoms with Gasteiger partial charge in [-0.25, -0.2) is 0 Å². The maximum absolute atomic E-state index is 12.7. The minimum Gasteiger partial charge on any atom is -0.380 e. The van der Waals surface area contributed by atoms with Crippen LogP contribution < -0.4 is 5.73 Å². The normalized spacial score (nSPS) is 20.5. The van der Waals surface area contributed by atoms with Gasteiger partial charge in [-0.2, -0.15) is 0 Å². The van der Waals surface area contributed by atoms with Crippen LogP contribution >= 0.6 is 0 Å². The molecule has 1 heterocycles. The molecule has 2 N–H and O–H groups in total. The predicted octanol–water partition coefficient (Wildman–Crippen LogP) is 2.80. The second kappa shape index (κ2) is 8.30. The summed E-state index contributed by atoms with van der Waals surface area (Å²) in [6.45, 7) is 3.31. The van der Waals surface area contributed by atoms with Crippen molar-refractivity contribution in [3.05, 3.63) is 35.4 Å². The van der Waals surface area contributed by atoms with E-state index in [2.05, 4.69) is 31.2 Å². The Kier molecular flexibility index (Phi) is 6.40. The molecule has 2 unspecified atom stereocenters. The minimum absolute atomic E-state index is 0.158. The SMILES string of the molecule is COC(CN)CC(=O)N1CCCCCC1c1cccc(C)c1. The first-order valence-corrected chi connectivity index (χ1v) is 8.24. The molecule has 4 nitrogen and oxygen atoms in total. The van der Waals surface area contributed by atoms with Crippen LogP contribution in [0.5, 0.6) is 0 Å². The summed E-state index contributed by atoms with van der Waals surface area (Å²) < 4.78 is 5.28. The van der Waals surface area contributed by atoms with E-state index in [1.165, 1.54) is 24.0 Å². The van der Waals surface area contributed by atoms with Crippen molar-refractivity contribution >= 4 is 5.91 Å². The summed E-state index contributed by atoms with van der Waals surface area (Å²) in [4.78, 5) is 14.8. The Morgan fingerprint density at radius 1 is 1.41 bits per heavy atom. The molecule has 0 radical (unpaired) electrons. The lowest BCUT2D eigenvalue weighted by atomic mass is 9.98. The topological polar surface area (TPSA) is 55.6 Å². The minimum atomic E-state index is -0.186. The third-order valence-corrected chi connectivity index (χ3v) is 4.50. The molecule has 0 aromatic heterocycles. The first kappa shape index (κ1) is 17.0. The zero-order chi connectivity index (χ0) is 15.9. The summed E-state index contributed by atoms with van der Waals surface area (Å²) in [5.74, 6) is 0.158. The standard InChI is InChI=1S/C18H28N2O2/c1-14-7-6-8-15(11-14)17-9-4-3-5-10-20(17)18(21)12-16(13-19)22-2/h6-8,11,16-17H,3-5,9-10,12-13,19H2,1-2H3. The molecule has 1 fully saturated rings. The lowest BCUT2D eigenvalue weighted by Gasteiger charge is -2.31. The van der Waals surface area contributed by atoms with Crippen LogP contribution in [-0.2, 0) is 9.53 Å². The lowest BCUT2D eigenvalue weighted by Crippen LogP contribution is -2.38. The fourth-order valence-electron chi connectivity index (χ4n) is 3.21. The molecule has 1 aliphatic heterocycles. The first-order valence-electron chi connectivity index (χ1n) is 8.24. The van der Waals surface area contributed by atoms with Crippen molar-refractivity contribution in [2.45, 2.75) is 51.2 Å². The molecule has 0 saturated carbocycles. The van der Waals surface area contributed by atoms with Crippen molar-refractivity contribution in [2.75, 3.05) is 20.2 Å². The summed E-state index contributed by atoms with van der Waals surface area (Å²) >= 11 is 0. The second-order valence-electron chi connectivity index (χ2n) is 6.16. The summed E-state index contributed by atoms with van der Waals surface area (Å²) in [6, 6.07) is 8.70. The molecular weight excluding hydrogens is 276 g/mol. The summed E-state index contributed by atoms with van der Waals surface area (Å²) in [5, 5.41) is 0. The number of likely N-dealkylation sites (tertiary alicyclic amines) is 1. The van der Waals surface area contributed by atoms with Crippen molar-refractivity contribution < 1.29 is 9.53 Å². The van der Waals surface area contributed by atoms with Crippen LogP contribution in [0.3, 0.4) is 0 Å². The highest BCUT2D eigenvalue weighted by Crippen LogP contribution is 2.31. The summed E-state index contributed by atoms with van der Waals surface area (Å²) in [6.07, 6.45) is 4.66. The molecule has 122 valence electrons. The van der Waals surface area contributed by atoms with Gasteiger partial charge in [0.25, 0.3) is 0 Å². The average molecular weight is 304 g/mol. The van der Waals surface area contributed by atoms with Gasteiger partial charge in [-0.15, -0.1) is 0 Å². The van der Waals surface area contributed by atoms with Gasteiger partial charge in [-0.1, -0.05) is 42.7 Å². The number of nitrogens with zero attached hydrogens (tertiary/aromatic N) is 1. The number of nitrogens with two attached hydrogens (primary N) is 1. The third-order valence-electron chi connectivity index (χ3n) is 4.50. The van der Waals surface area contributed by atoms with Crippen LogP contribution in [0.15, 0.2) is 24.3 Å². The number of amides is 1. The highest BCUT2D eigenvalue weighted by atomic mass is 16.5. The van der Waals surface area contributed by atoms with Crippen molar-refractivity contribution in [1.82, 2.24) is 4.90 Å². The van der Waals surface area contributed by atoms with Crippen molar-refractivity contribution in [3.63, 3.8) is 0 Å². The van der Waals surface area contributed by atoms with E-state index in [0.29, 0.717) is 13.0 Å². The van der Waals surface area contributed by atoms with Gasteiger partial charge in [0.1, 0.15) is 0 Å². The molecule has 1 aromatic carbocycles. The van der Waals surface area contributed by atoms with E-state index in [1.807, 2.05) is 4.90 Å². The number of carbonyl (C=O) groups is 1. The highest BCUT2D eigenvalue weighted by Gasteiger charge is 2.28. The van der Waals surface area contributed by atoms with E-state index in [-0.39, 0.29) is 18.1 Å². The van der Waals surface area contributed by atoms with Crippen LogP contribution in [0.25, 0.3) is 0 Å². The molecule has 1 aliphatic rings. The van der Waals surface area contributed by atoms with E-state index in [9.17, 15) is 4.79 Å². The third kappa shape index (κ3) is 4.31. The largest absolute Gasteiger partial charge is 0.380 e. The van der Waals surface area contributed by atoms with Gasteiger partial charge < -0.3 is 15.4 Å². The van der Waals surface area contributed by atoms with Crippen LogP contribution in [0.2, 0.25) is 0 Å². The first-order chi connectivity index (χ1) is 10.7. The Hall–Kier alpha value is -1.39. The Morgan fingerprint density at radius 3 is 2.91 bits per heavy atom. The molecule has 22 heavy (non-hydrogen) atoms.